The van der Waals surface area contributed by atoms with Crippen molar-refractivity contribution in [3.8, 4) is 0 Å². The zero-order chi connectivity index (χ0) is 17.7. The summed E-state index contributed by atoms with van der Waals surface area (Å²) in [6, 6.07) is 5.06. The van der Waals surface area contributed by atoms with Gasteiger partial charge in [-0.25, -0.2) is 4.39 Å². The summed E-state index contributed by atoms with van der Waals surface area (Å²) in [6.45, 7) is 4.38. The van der Waals surface area contributed by atoms with E-state index in [1.165, 1.54) is 18.2 Å². The van der Waals surface area contributed by atoms with Crippen molar-refractivity contribution in [2.24, 2.45) is 0 Å². The summed E-state index contributed by atoms with van der Waals surface area (Å²) in [5.41, 5.74) is 0.341. The Morgan fingerprint density at radius 3 is 2.83 bits per heavy atom. The molecule has 1 aliphatic heterocycles. The van der Waals surface area contributed by atoms with E-state index in [9.17, 15) is 19.1 Å². The predicted molar refractivity (Wildman–Crippen MR) is 88.6 cm³/mol. The fourth-order valence-electron chi connectivity index (χ4n) is 3.04. The van der Waals surface area contributed by atoms with Crippen LogP contribution >= 0.6 is 0 Å². The number of halogens is 1. The van der Waals surface area contributed by atoms with Gasteiger partial charge in [-0.15, -0.1) is 0 Å². The van der Waals surface area contributed by atoms with Crippen LogP contribution < -0.4 is 5.32 Å². The van der Waals surface area contributed by atoms with Crippen LogP contribution in [0.3, 0.4) is 0 Å². The van der Waals surface area contributed by atoms with Crippen LogP contribution in [-0.4, -0.2) is 40.4 Å². The summed E-state index contributed by atoms with van der Waals surface area (Å²) >= 11 is 0. The maximum absolute atomic E-state index is 13.2. The Hall–Kier alpha value is -1.95. The molecule has 3 atom stereocenters. The second kappa shape index (κ2) is 8.24. The topological polar surface area (TPSA) is 69.6 Å². The molecule has 0 spiro atoms. The molecule has 0 bridgehead atoms. The number of benzene rings is 1. The summed E-state index contributed by atoms with van der Waals surface area (Å²) in [5, 5.41) is 12.7. The van der Waals surface area contributed by atoms with Gasteiger partial charge < -0.3 is 15.3 Å². The van der Waals surface area contributed by atoms with E-state index >= 15 is 0 Å². The largest absolute Gasteiger partial charge is 0.388 e. The number of likely N-dealkylation sites (tertiary alicyclic amines) is 1. The molecule has 1 fully saturated rings. The summed E-state index contributed by atoms with van der Waals surface area (Å²) in [6.07, 6.45) is 1.76. The molecule has 132 valence electrons. The lowest BCUT2D eigenvalue weighted by Gasteiger charge is -2.35. The third kappa shape index (κ3) is 4.77. The molecule has 1 saturated heterocycles. The molecular weight excluding hydrogens is 311 g/mol. The number of aliphatic hydroxyl groups excluding tert-OH is 1. The molecule has 0 aromatic heterocycles. The summed E-state index contributed by atoms with van der Waals surface area (Å²) < 4.78 is 13.2. The van der Waals surface area contributed by atoms with Crippen molar-refractivity contribution >= 4 is 11.8 Å². The van der Waals surface area contributed by atoms with Crippen LogP contribution in [0.1, 0.15) is 51.2 Å². The van der Waals surface area contributed by atoms with Crippen molar-refractivity contribution in [1.29, 1.82) is 0 Å². The maximum atomic E-state index is 13.2. The third-order valence-corrected chi connectivity index (χ3v) is 4.45. The number of piperidine rings is 1. The first-order valence-electron chi connectivity index (χ1n) is 8.42. The lowest BCUT2D eigenvalue weighted by molar-refractivity contribution is -0.139. The van der Waals surface area contributed by atoms with Crippen LogP contribution in [0.2, 0.25) is 0 Å². The summed E-state index contributed by atoms with van der Waals surface area (Å²) in [7, 11) is 0. The molecule has 2 N–H and O–H groups in total. The number of amides is 2. The standard InChI is InChI=1S/C18H25FN2O3/c1-12-6-3-4-9-21(12)18(24)13(2)20-17(23)11-16(22)14-7-5-8-15(19)10-14/h5,7-8,10,12-13,16,22H,3-4,6,9,11H2,1-2H3,(H,20,23). The van der Waals surface area contributed by atoms with Crippen LogP contribution in [0.25, 0.3) is 0 Å². The van der Waals surface area contributed by atoms with Crippen LogP contribution in [-0.2, 0) is 9.59 Å². The molecule has 0 aliphatic carbocycles. The quantitative estimate of drug-likeness (QED) is 0.866. The van der Waals surface area contributed by atoms with Crippen molar-refractivity contribution in [2.45, 2.75) is 57.7 Å². The number of carbonyl (C=O) groups excluding carboxylic acids is 2. The highest BCUT2D eigenvalue weighted by Gasteiger charge is 2.28. The lowest BCUT2D eigenvalue weighted by Crippen LogP contribution is -2.51. The fraction of sp³-hybridized carbons (Fsp3) is 0.556. The van der Waals surface area contributed by atoms with E-state index in [4.69, 9.17) is 0 Å². The van der Waals surface area contributed by atoms with Crippen LogP contribution in [0.5, 0.6) is 0 Å². The SMILES string of the molecule is CC(NC(=O)CC(O)c1cccc(F)c1)C(=O)N1CCCCC1C. The first kappa shape index (κ1) is 18.4. The van der Waals surface area contributed by atoms with E-state index in [0.717, 1.165) is 19.3 Å². The van der Waals surface area contributed by atoms with E-state index in [0.29, 0.717) is 12.1 Å². The molecule has 5 nitrogen and oxygen atoms in total. The number of aliphatic hydroxyl groups is 1. The molecule has 1 heterocycles. The van der Waals surface area contributed by atoms with E-state index in [2.05, 4.69) is 5.32 Å². The molecule has 1 aromatic carbocycles. The Labute approximate surface area is 141 Å². The number of rotatable bonds is 5. The Kier molecular flexibility index (Phi) is 6.31. The number of hydrogen-bond acceptors (Lipinski definition) is 3. The van der Waals surface area contributed by atoms with E-state index in [-0.39, 0.29) is 18.4 Å². The zero-order valence-corrected chi connectivity index (χ0v) is 14.2. The fourth-order valence-corrected chi connectivity index (χ4v) is 3.04. The number of carbonyl (C=O) groups is 2. The molecule has 6 heteroatoms. The first-order valence-corrected chi connectivity index (χ1v) is 8.42. The molecule has 0 radical (unpaired) electrons. The molecule has 2 rings (SSSR count). The van der Waals surface area contributed by atoms with Gasteiger partial charge >= 0.3 is 0 Å². The lowest BCUT2D eigenvalue weighted by atomic mass is 10.0. The van der Waals surface area contributed by atoms with Gasteiger partial charge in [0.05, 0.1) is 12.5 Å². The van der Waals surface area contributed by atoms with Crippen LogP contribution in [0, 0.1) is 5.82 Å². The number of nitrogens with one attached hydrogen (secondary N) is 1. The molecule has 24 heavy (non-hydrogen) atoms. The highest BCUT2D eigenvalue weighted by atomic mass is 19.1. The zero-order valence-electron chi connectivity index (χ0n) is 14.2. The normalized spacial score (nSPS) is 20.3. The summed E-state index contributed by atoms with van der Waals surface area (Å²) in [5.74, 6) is -0.998. The molecule has 0 saturated carbocycles. The highest BCUT2D eigenvalue weighted by Crippen LogP contribution is 2.19. The van der Waals surface area contributed by atoms with E-state index in [1.54, 1.807) is 17.9 Å². The average Bonchev–Trinajstić information content (AvgIpc) is 2.54. The van der Waals surface area contributed by atoms with Crippen molar-refractivity contribution in [2.75, 3.05) is 6.54 Å². The molecule has 2 amide bonds. The summed E-state index contributed by atoms with van der Waals surface area (Å²) in [4.78, 5) is 26.3. The van der Waals surface area contributed by atoms with Gasteiger partial charge in [-0.3, -0.25) is 9.59 Å². The number of hydrogen-bond donors (Lipinski definition) is 2. The Morgan fingerprint density at radius 1 is 1.42 bits per heavy atom. The third-order valence-electron chi connectivity index (χ3n) is 4.45. The van der Waals surface area contributed by atoms with Gasteiger partial charge in [0.2, 0.25) is 11.8 Å². The van der Waals surface area contributed by atoms with Crippen molar-refractivity contribution in [3.05, 3.63) is 35.6 Å². The van der Waals surface area contributed by atoms with Gasteiger partial charge in [-0.05, 0) is 50.8 Å². The molecule has 1 aromatic rings. The van der Waals surface area contributed by atoms with Crippen LogP contribution in [0.15, 0.2) is 24.3 Å². The minimum absolute atomic E-state index is 0.101. The van der Waals surface area contributed by atoms with Gasteiger partial charge in [0.1, 0.15) is 11.9 Å². The second-order valence-electron chi connectivity index (χ2n) is 6.44. The van der Waals surface area contributed by atoms with Crippen molar-refractivity contribution in [1.82, 2.24) is 10.2 Å². The van der Waals surface area contributed by atoms with Gasteiger partial charge in [-0.1, -0.05) is 12.1 Å². The minimum Gasteiger partial charge on any atom is -0.388 e. The van der Waals surface area contributed by atoms with Crippen molar-refractivity contribution in [3.63, 3.8) is 0 Å². The molecule has 1 aliphatic rings. The highest BCUT2D eigenvalue weighted by molar-refractivity contribution is 5.87. The number of nitrogens with zero attached hydrogens (tertiary/aromatic N) is 1. The van der Waals surface area contributed by atoms with Gasteiger partial charge in [-0.2, -0.15) is 0 Å². The Morgan fingerprint density at radius 2 is 2.17 bits per heavy atom. The smallest absolute Gasteiger partial charge is 0.245 e. The van der Waals surface area contributed by atoms with Gasteiger partial charge in [0.25, 0.3) is 0 Å². The Bertz CT molecular complexity index is 593. The predicted octanol–water partition coefficient (Wildman–Crippen LogP) is 2.15. The maximum Gasteiger partial charge on any atom is 0.245 e. The minimum atomic E-state index is -1.10. The Balaban J connectivity index is 1.88. The van der Waals surface area contributed by atoms with Crippen molar-refractivity contribution < 1.29 is 19.1 Å². The van der Waals surface area contributed by atoms with Gasteiger partial charge in [0, 0.05) is 12.6 Å². The molecule has 3 unspecified atom stereocenters. The first-order chi connectivity index (χ1) is 11.4. The molecular formula is C18H25FN2O3. The monoisotopic (exact) mass is 336 g/mol. The average molecular weight is 336 g/mol. The van der Waals surface area contributed by atoms with E-state index < -0.39 is 23.9 Å². The van der Waals surface area contributed by atoms with E-state index in [1.807, 2.05) is 6.92 Å². The second-order valence-corrected chi connectivity index (χ2v) is 6.44. The van der Waals surface area contributed by atoms with Gasteiger partial charge in [0.15, 0.2) is 0 Å². The van der Waals surface area contributed by atoms with Crippen LogP contribution in [0.4, 0.5) is 4.39 Å².